The van der Waals surface area contributed by atoms with Crippen LogP contribution in [0.15, 0.2) is 0 Å². The van der Waals surface area contributed by atoms with Gasteiger partial charge in [0, 0.05) is 18.5 Å². The standard InChI is InChI=1S/C13H26N2O/c1-10-7-5-4-6-8-12(10)15-13(16)11(2)9-14-3/h10-12,14H,4-9H2,1-3H3,(H,15,16). The minimum absolute atomic E-state index is 0.0699. The van der Waals surface area contributed by atoms with Gasteiger partial charge in [0.1, 0.15) is 0 Å². The monoisotopic (exact) mass is 226 g/mol. The van der Waals surface area contributed by atoms with Crippen LogP contribution in [-0.4, -0.2) is 25.5 Å². The Bertz CT molecular complexity index is 218. The van der Waals surface area contributed by atoms with Crippen molar-refractivity contribution >= 4 is 5.91 Å². The van der Waals surface area contributed by atoms with Gasteiger partial charge < -0.3 is 10.6 Å². The highest BCUT2D eigenvalue weighted by Gasteiger charge is 2.23. The first-order valence-corrected chi connectivity index (χ1v) is 6.60. The molecule has 3 heteroatoms. The topological polar surface area (TPSA) is 41.1 Å². The van der Waals surface area contributed by atoms with E-state index in [0.29, 0.717) is 12.0 Å². The molecule has 2 N–H and O–H groups in total. The molecule has 0 spiro atoms. The van der Waals surface area contributed by atoms with Gasteiger partial charge in [-0.25, -0.2) is 0 Å². The van der Waals surface area contributed by atoms with Crippen molar-refractivity contribution in [2.75, 3.05) is 13.6 Å². The maximum atomic E-state index is 11.9. The largest absolute Gasteiger partial charge is 0.353 e. The van der Waals surface area contributed by atoms with Crippen molar-refractivity contribution in [1.82, 2.24) is 10.6 Å². The van der Waals surface area contributed by atoms with E-state index in [4.69, 9.17) is 0 Å². The third-order valence-corrected chi connectivity index (χ3v) is 3.65. The van der Waals surface area contributed by atoms with Crippen LogP contribution in [0.3, 0.4) is 0 Å². The van der Waals surface area contributed by atoms with E-state index in [0.717, 1.165) is 13.0 Å². The van der Waals surface area contributed by atoms with Gasteiger partial charge in [-0.2, -0.15) is 0 Å². The van der Waals surface area contributed by atoms with Gasteiger partial charge in [0.2, 0.25) is 5.91 Å². The van der Waals surface area contributed by atoms with E-state index in [1.54, 1.807) is 0 Å². The lowest BCUT2D eigenvalue weighted by atomic mass is 9.96. The fraction of sp³-hybridized carbons (Fsp3) is 0.923. The molecule has 0 aromatic rings. The zero-order valence-electron chi connectivity index (χ0n) is 10.9. The summed E-state index contributed by atoms with van der Waals surface area (Å²) in [5, 5.41) is 6.26. The lowest BCUT2D eigenvalue weighted by molar-refractivity contribution is -0.125. The third kappa shape index (κ3) is 4.12. The minimum Gasteiger partial charge on any atom is -0.353 e. The van der Waals surface area contributed by atoms with E-state index in [2.05, 4.69) is 17.6 Å². The first-order chi connectivity index (χ1) is 7.65. The molecule has 1 amide bonds. The van der Waals surface area contributed by atoms with Crippen LogP contribution in [0.4, 0.5) is 0 Å². The molecule has 1 saturated carbocycles. The highest BCUT2D eigenvalue weighted by Crippen LogP contribution is 2.23. The van der Waals surface area contributed by atoms with E-state index in [1.807, 2.05) is 14.0 Å². The smallest absolute Gasteiger partial charge is 0.224 e. The normalized spacial score (nSPS) is 28.2. The van der Waals surface area contributed by atoms with E-state index in [9.17, 15) is 4.79 Å². The Labute approximate surface area is 99.4 Å². The van der Waals surface area contributed by atoms with E-state index in [1.165, 1.54) is 25.7 Å². The van der Waals surface area contributed by atoms with Crippen LogP contribution in [-0.2, 0) is 4.79 Å². The molecule has 1 aliphatic carbocycles. The second-order valence-corrected chi connectivity index (χ2v) is 5.19. The Hall–Kier alpha value is -0.570. The number of nitrogens with one attached hydrogen (secondary N) is 2. The molecule has 16 heavy (non-hydrogen) atoms. The number of carbonyl (C=O) groups excluding carboxylic acids is 1. The predicted molar refractivity (Wildman–Crippen MR) is 67.3 cm³/mol. The molecule has 0 aliphatic heterocycles. The molecular weight excluding hydrogens is 200 g/mol. The molecule has 3 atom stereocenters. The lowest BCUT2D eigenvalue weighted by Gasteiger charge is -2.24. The summed E-state index contributed by atoms with van der Waals surface area (Å²) in [5.74, 6) is 0.904. The van der Waals surface area contributed by atoms with Crippen LogP contribution in [0.2, 0.25) is 0 Å². The van der Waals surface area contributed by atoms with Gasteiger partial charge >= 0.3 is 0 Å². The molecule has 0 heterocycles. The summed E-state index contributed by atoms with van der Waals surface area (Å²) in [5.41, 5.74) is 0. The van der Waals surface area contributed by atoms with Crippen molar-refractivity contribution in [2.45, 2.75) is 52.0 Å². The summed E-state index contributed by atoms with van der Waals surface area (Å²) in [4.78, 5) is 11.9. The van der Waals surface area contributed by atoms with Gasteiger partial charge in [0.25, 0.3) is 0 Å². The molecule has 0 bridgehead atoms. The van der Waals surface area contributed by atoms with Crippen molar-refractivity contribution in [2.24, 2.45) is 11.8 Å². The molecule has 1 fully saturated rings. The average Bonchev–Trinajstić information content (AvgIpc) is 2.45. The number of carbonyl (C=O) groups is 1. The zero-order chi connectivity index (χ0) is 12.0. The maximum absolute atomic E-state index is 11.9. The molecule has 94 valence electrons. The Kier molecular flexibility index (Phi) is 5.81. The van der Waals surface area contributed by atoms with Gasteiger partial charge in [0.05, 0.1) is 0 Å². The molecule has 0 radical (unpaired) electrons. The number of hydrogen-bond acceptors (Lipinski definition) is 2. The van der Waals surface area contributed by atoms with E-state index >= 15 is 0 Å². The Morgan fingerprint density at radius 3 is 2.69 bits per heavy atom. The van der Waals surface area contributed by atoms with Gasteiger partial charge in [-0.1, -0.05) is 33.1 Å². The second kappa shape index (κ2) is 6.89. The van der Waals surface area contributed by atoms with Gasteiger partial charge in [-0.3, -0.25) is 4.79 Å². The number of amides is 1. The number of rotatable bonds is 4. The first-order valence-electron chi connectivity index (χ1n) is 6.60. The Morgan fingerprint density at radius 1 is 1.31 bits per heavy atom. The summed E-state index contributed by atoms with van der Waals surface area (Å²) in [6.45, 7) is 5.00. The van der Waals surface area contributed by atoms with Crippen molar-refractivity contribution < 1.29 is 4.79 Å². The molecule has 0 aromatic carbocycles. The van der Waals surface area contributed by atoms with Gasteiger partial charge in [-0.15, -0.1) is 0 Å². The SMILES string of the molecule is CNCC(C)C(=O)NC1CCCCCC1C. The van der Waals surface area contributed by atoms with Crippen LogP contribution in [0.5, 0.6) is 0 Å². The Balaban J connectivity index is 2.41. The van der Waals surface area contributed by atoms with Crippen LogP contribution in [0, 0.1) is 11.8 Å². The van der Waals surface area contributed by atoms with E-state index < -0.39 is 0 Å². The number of hydrogen-bond donors (Lipinski definition) is 2. The predicted octanol–water partition coefficient (Wildman–Crippen LogP) is 1.93. The fourth-order valence-electron chi connectivity index (χ4n) is 2.43. The van der Waals surface area contributed by atoms with Crippen molar-refractivity contribution in [3.8, 4) is 0 Å². The van der Waals surface area contributed by atoms with Gasteiger partial charge in [0.15, 0.2) is 0 Å². The zero-order valence-corrected chi connectivity index (χ0v) is 10.9. The summed E-state index contributed by atoms with van der Waals surface area (Å²) in [6, 6.07) is 0.398. The highest BCUT2D eigenvalue weighted by molar-refractivity contribution is 5.78. The van der Waals surface area contributed by atoms with Crippen molar-refractivity contribution in [3.05, 3.63) is 0 Å². The van der Waals surface area contributed by atoms with Crippen molar-refractivity contribution in [1.29, 1.82) is 0 Å². The molecule has 0 saturated heterocycles. The van der Waals surface area contributed by atoms with Crippen LogP contribution >= 0.6 is 0 Å². The summed E-state index contributed by atoms with van der Waals surface area (Å²) < 4.78 is 0. The van der Waals surface area contributed by atoms with Gasteiger partial charge in [-0.05, 0) is 25.8 Å². The fourth-order valence-corrected chi connectivity index (χ4v) is 2.43. The van der Waals surface area contributed by atoms with Crippen LogP contribution in [0.25, 0.3) is 0 Å². The van der Waals surface area contributed by atoms with Crippen molar-refractivity contribution in [3.63, 3.8) is 0 Å². The molecule has 0 aromatic heterocycles. The van der Waals surface area contributed by atoms with E-state index in [-0.39, 0.29) is 11.8 Å². The molecule has 1 rings (SSSR count). The molecular formula is C13H26N2O. The van der Waals surface area contributed by atoms with Crippen LogP contribution < -0.4 is 10.6 Å². The first kappa shape index (κ1) is 13.5. The molecule has 3 unspecified atom stereocenters. The van der Waals surface area contributed by atoms with Crippen LogP contribution in [0.1, 0.15) is 46.0 Å². The Morgan fingerprint density at radius 2 is 2.00 bits per heavy atom. The average molecular weight is 226 g/mol. The highest BCUT2D eigenvalue weighted by atomic mass is 16.1. The minimum atomic E-state index is 0.0699. The lowest BCUT2D eigenvalue weighted by Crippen LogP contribution is -2.43. The summed E-state index contributed by atoms with van der Waals surface area (Å²) in [6.07, 6.45) is 6.31. The third-order valence-electron chi connectivity index (χ3n) is 3.65. The summed E-state index contributed by atoms with van der Waals surface area (Å²) >= 11 is 0. The second-order valence-electron chi connectivity index (χ2n) is 5.19. The quantitative estimate of drug-likeness (QED) is 0.719. The summed E-state index contributed by atoms with van der Waals surface area (Å²) in [7, 11) is 1.89. The molecule has 1 aliphatic rings. The molecule has 3 nitrogen and oxygen atoms in total. The maximum Gasteiger partial charge on any atom is 0.224 e.